The molecule has 0 radical (unpaired) electrons. The van der Waals surface area contributed by atoms with Gasteiger partial charge in [0.15, 0.2) is 8.07 Å². The van der Waals surface area contributed by atoms with Gasteiger partial charge in [-0.1, -0.05) is 206 Å². The van der Waals surface area contributed by atoms with Crippen LogP contribution < -0.4 is 20.7 Å². The predicted octanol–water partition coefficient (Wildman–Crippen LogP) is 16.4. The van der Waals surface area contributed by atoms with Crippen LogP contribution in [-0.2, 0) is 0 Å². The molecule has 0 unspecified atom stereocenters. The predicted molar refractivity (Wildman–Crippen MR) is 331 cm³/mol. The fraction of sp³-hybridized carbons (Fsp3) is 0. The third-order valence-corrected chi connectivity index (χ3v) is 22.3. The van der Waals surface area contributed by atoms with Gasteiger partial charge in [0.2, 0.25) is 0 Å². The number of benzene rings is 12. The fourth-order valence-corrected chi connectivity index (χ4v) is 19.1. The van der Waals surface area contributed by atoms with Crippen molar-refractivity contribution in [1.29, 1.82) is 0 Å². The molecule has 3 nitrogen and oxygen atoms in total. The average molecular weight is 1010 g/mol. The smallest absolute Gasteiger partial charge is 0.179 e. The van der Waals surface area contributed by atoms with Crippen LogP contribution in [0.3, 0.4) is 0 Å². The lowest BCUT2D eigenvalue weighted by Crippen LogP contribution is -2.74. The summed E-state index contributed by atoms with van der Waals surface area (Å²) in [5, 5.41) is 15.4. The highest BCUT2D eigenvalue weighted by Crippen LogP contribution is 2.46. The lowest BCUT2D eigenvalue weighted by atomic mass is 9.97. The standard InChI is InChI=1S/C72H47N3SSi/c1-4-22-51(23-5-1)77(52-24-6-2-7-25-52,53-26-8-3-9-27-53)54-28-18-21-48(45-54)73-66-38-16-12-31-57(66)62-47-50(42-43-67(62)73)75-68-44-41-49(74-64-36-14-10-29-55(64)56-30-11-15-37-65(56)74)46-63(68)60-35-19-34-59(72(60)75)58-33-20-40-70-71(58)61-32-13-17-39-69(61)76-70/h1-47H. The maximum absolute atomic E-state index is 2.80. The molecule has 0 saturated carbocycles. The van der Waals surface area contributed by atoms with Crippen molar-refractivity contribution < 1.29 is 0 Å². The minimum atomic E-state index is -2.80. The maximum atomic E-state index is 2.55. The zero-order valence-corrected chi connectivity index (χ0v) is 43.7. The summed E-state index contributed by atoms with van der Waals surface area (Å²) in [6.07, 6.45) is 0. The van der Waals surface area contributed by atoms with E-state index >= 15 is 0 Å². The molecule has 0 spiro atoms. The summed E-state index contributed by atoms with van der Waals surface area (Å²) in [5.41, 5.74) is 13.0. The quantitative estimate of drug-likeness (QED) is 0.106. The molecule has 0 amide bonds. The summed E-state index contributed by atoms with van der Waals surface area (Å²) in [5.74, 6) is 0. The first-order chi connectivity index (χ1) is 38.2. The number of hydrogen-bond donors (Lipinski definition) is 0. The molecule has 0 N–H and O–H groups in total. The first-order valence-electron chi connectivity index (χ1n) is 26.5. The maximum Gasteiger partial charge on any atom is 0.179 e. The zero-order chi connectivity index (χ0) is 50.6. The molecule has 16 aromatic rings. The van der Waals surface area contributed by atoms with Crippen molar-refractivity contribution in [2.75, 3.05) is 0 Å². The number of thiophene rings is 1. The summed E-state index contributed by atoms with van der Waals surface area (Å²) >= 11 is 1.88. The van der Waals surface area contributed by atoms with Gasteiger partial charge in [-0.3, -0.25) is 0 Å². The van der Waals surface area contributed by atoms with Crippen LogP contribution in [0.25, 0.3) is 114 Å². The molecule has 0 aliphatic heterocycles. The molecule has 0 fully saturated rings. The Balaban J connectivity index is 0.952. The molecule has 4 aromatic heterocycles. The molecule has 0 saturated heterocycles. The Hall–Kier alpha value is -9.52. The minimum Gasteiger partial charge on any atom is -0.309 e. The highest BCUT2D eigenvalue weighted by Gasteiger charge is 2.41. The normalized spacial score (nSPS) is 12.2. The Morgan fingerprint density at radius 2 is 0.649 bits per heavy atom. The van der Waals surface area contributed by atoms with Crippen molar-refractivity contribution in [2.45, 2.75) is 0 Å². The van der Waals surface area contributed by atoms with Crippen molar-refractivity contribution in [3.63, 3.8) is 0 Å². The van der Waals surface area contributed by atoms with Crippen molar-refractivity contribution in [3.8, 4) is 28.2 Å². The summed E-state index contributed by atoms with van der Waals surface area (Å²) < 4.78 is 10.1. The van der Waals surface area contributed by atoms with Crippen LogP contribution in [0.1, 0.15) is 0 Å². The van der Waals surface area contributed by atoms with Gasteiger partial charge in [-0.15, -0.1) is 11.3 Å². The van der Waals surface area contributed by atoms with E-state index in [1.165, 1.54) is 117 Å². The van der Waals surface area contributed by atoms with Crippen molar-refractivity contribution in [1.82, 2.24) is 13.7 Å². The average Bonchev–Trinajstić information content (AvgIpc) is 4.38. The second kappa shape index (κ2) is 17.3. The van der Waals surface area contributed by atoms with E-state index in [4.69, 9.17) is 0 Å². The van der Waals surface area contributed by atoms with Gasteiger partial charge in [-0.05, 0) is 105 Å². The fourth-order valence-electron chi connectivity index (χ4n) is 13.2. The summed E-state index contributed by atoms with van der Waals surface area (Å²) in [4.78, 5) is 0. The molecule has 12 aromatic carbocycles. The molecule has 4 heterocycles. The highest BCUT2D eigenvalue weighted by molar-refractivity contribution is 7.26. The van der Waals surface area contributed by atoms with E-state index < -0.39 is 8.07 Å². The Kier molecular flexibility index (Phi) is 9.83. The van der Waals surface area contributed by atoms with Gasteiger partial charge in [-0.2, -0.15) is 0 Å². The number of hydrogen-bond acceptors (Lipinski definition) is 1. The van der Waals surface area contributed by atoms with Crippen LogP contribution in [0, 0.1) is 0 Å². The number of nitrogens with zero attached hydrogens (tertiary/aromatic N) is 3. The Morgan fingerprint density at radius 3 is 1.26 bits per heavy atom. The second-order valence-electron chi connectivity index (χ2n) is 20.3. The van der Waals surface area contributed by atoms with Gasteiger partial charge in [0, 0.05) is 75.1 Å². The molecule has 0 aliphatic rings. The van der Waals surface area contributed by atoms with Gasteiger partial charge in [-0.25, -0.2) is 0 Å². The zero-order valence-electron chi connectivity index (χ0n) is 41.9. The van der Waals surface area contributed by atoms with Gasteiger partial charge in [0.1, 0.15) is 0 Å². The number of para-hydroxylation sites is 4. The molecule has 0 atom stereocenters. The van der Waals surface area contributed by atoms with Crippen LogP contribution >= 0.6 is 11.3 Å². The van der Waals surface area contributed by atoms with Crippen molar-refractivity contribution >= 4 is 126 Å². The lowest BCUT2D eigenvalue weighted by molar-refractivity contribution is 1.16. The number of fused-ring (bicyclic) bond motifs is 12. The summed E-state index contributed by atoms with van der Waals surface area (Å²) in [6, 6.07) is 107. The van der Waals surface area contributed by atoms with Crippen molar-refractivity contribution in [2.24, 2.45) is 0 Å². The topological polar surface area (TPSA) is 14.8 Å². The summed E-state index contributed by atoms with van der Waals surface area (Å²) in [7, 11) is -2.80. The first-order valence-corrected chi connectivity index (χ1v) is 29.3. The monoisotopic (exact) mass is 1010 g/mol. The SMILES string of the molecule is c1ccc([Si](c2ccccc2)(c2ccccc2)c2cccc(-n3c4ccccc4c4cc(-n5c6ccc(-n7c8ccccc8c8ccccc87)cc6c6cccc(-c7cccc8sc9ccccc9c78)c65)ccc43)c2)cc1. The van der Waals surface area contributed by atoms with Crippen LogP contribution in [0.15, 0.2) is 285 Å². The molecule has 16 rings (SSSR count). The summed E-state index contributed by atoms with van der Waals surface area (Å²) in [6.45, 7) is 0. The van der Waals surface area contributed by atoms with Crippen LogP contribution in [0.4, 0.5) is 0 Å². The Labute approximate surface area is 450 Å². The molecule has 0 bridgehead atoms. The van der Waals surface area contributed by atoms with Gasteiger partial charge >= 0.3 is 0 Å². The molecular weight excluding hydrogens is 967 g/mol. The van der Waals surface area contributed by atoms with E-state index in [0.717, 1.165) is 17.1 Å². The van der Waals surface area contributed by atoms with Crippen LogP contribution in [0.2, 0.25) is 0 Å². The number of rotatable bonds is 8. The van der Waals surface area contributed by atoms with E-state index in [1.807, 2.05) is 11.3 Å². The van der Waals surface area contributed by atoms with E-state index in [-0.39, 0.29) is 0 Å². The van der Waals surface area contributed by atoms with Crippen molar-refractivity contribution in [3.05, 3.63) is 285 Å². The third kappa shape index (κ3) is 6.48. The highest BCUT2D eigenvalue weighted by atomic mass is 32.1. The Morgan fingerprint density at radius 1 is 0.247 bits per heavy atom. The molecular formula is C72H47N3SSi. The van der Waals surface area contributed by atoms with E-state index in [2.05, 4.69) is 299 Å². The van der Waals surface area contributed by atoms with Gasteiger partial charge in [0.25, 0.3) is 0 Å². The van der Waals surface area contributed by atoms with Crippen LogP contribution in [-0.4, -0.2) is 21.8 Å². The third-order valence-electron chi connectivity index (χ3n) is 16.4. The van der Waals surface area contributed by atoms with Gasteiger partial charge < -0.3 is 13.7 Å². The lowest BCUT2D eigenvalue weighted by Gasteiger charge is -2.34. The second-order valence-corrected chi connectivity index (χ2v) is 25.2. The minimum absolute atomic E-state index is 1.12. The molecule has 0 aliphatic carbocycles. The first kappa shape index (κ1) is 43.8. The van der Waals surface area contributed by atoms with Crippen LogP contribution in [0.5, 0.6) is 0 Å². The van der Waals surface area contributed by atoms with E-state index in [1.54, 1.807) is 0 Å². The molecule has 5 heteroatoms. The van der Waals surface area contributed by atoms with E-state index in [9.17, 15) is 0 Å². The molecule has 77 heavy (non-hydrogen) atoms. The molecule has 360 valence electrons. The van der Waals surface area contributed by atoms with E-state index in [0.29, 0.717) is 0 Å². The Bertz CT molecular complexity index is 4840. The largest absolute Gasteiger partial charge is 0.309 e. The number of aromatic nitrogens is 3. The van der Waals surface area contributed by atoms with Gasteiger partial charge in [0.05, 0.1) is 33.1 Å².